The third-order valence-electron chi connectivity index (χ3n) is 3.44. The van der Waals surface area contributed by atoms with Crippen LogP contribution < -0.4 is 5.32 Å². The lowest BCUT2D eigenvalue weighted by molar-refractivity contribution is -0.132. The number of amides is 2. The van der Waals surface area contributed by atoms with Gasteiger partial charge in [-0.15, -0.1) is 0 Å². The van der Waals surface area contributed by atoms with Crippen molar-refractivity contribution >= 4 is 23.5 Å². The van der Waals surface area contributed by atoms with Gasteiger partial charge in [-0.05, 0) is 5.56 Å². The van der Waals surface area contributed by atoms with E-state index in [9.17, 15) is 9.59 Å². The Bertz CT molecular complexity index is 711. The van der Waals surface area contributed by atoms with Gasteiger partial charge in [0, 0.05) is 19.3 Å². The Morgan fingerprint density at radius 2 is 2.04 bits per heavy atom. The molecule has 1 aliphatic rings. The Balaban J connectivity index is 1.51. The van der Waals surface area contributed by atoms with Gasteiger partial charge in [-0.2, -0.15) is 15.2 Å². The predicted octanol–water partition coefficient (Wildman–Crippen LogP) is 1.16. The maximum Gasteiger partial charge on any atom is 0.243 e. The topological polar surface area (TPSA) is 103 Å². The molecule has 1 aliphatic heterocycles. The second-order valence-corrected chi connectivity index (χ2v) is 5.06. The van der Waals surface area contributed by atoms with Crippen molar-refractivity contribution in [3.8, 4) is 0 Å². The molecule has 0 fully saturated rings. The standard InChI is InChI=1S/C15H16N6O2/c22-13(18-15-16-10-17-19-15)6-7-14(23)21-9-8-12(20-21)11-4-2-1-3-5-11/h1-5,10H,6-9H2,(H2,16,17,18,19,22). The molecule has 8 nitrogen and oxygen atoms in total. The first-order valence-electron chi connectivity index (χ1n) is 7.31. The molecule has 2 amide bonds. The molecule has 8 heteroatoms. The van der Waals surface area contributed by atoms with E-state index in [1.807, 2.05) is 30.3 Å². The van der Waals surface area contributed by atoms with E-state index in [4.69, 9.17) is 0 Å². The van der Waals surface area contributed by atoms with Crippen molar-refractivity contribution in [2.45, 2.75) is 19.3 Å². The number of H-pyrrole nitrogens is 1. The van der Waals surface area contributed by atoms with E-state index >= 15 is 0 Å². The van der Waals surface area contributed by atoms with Gasteiger partial charge in [0.1, 0.15) is 6.33 Å². The molecule has 3 rings (SSSR count). The highest BCUT2D eigenvalue weighted by Crippen LogP contribution is 2.15. The smallest absolute Gasteiger partial charge is 0.243 e. The number of benzene rings is 1. The van der Waals surface area contributed by atoms with Gasteiger partial charge in [0.25, 0.3) is 0 Å². The van der Waals surface area contributed by atoms with E-state index < -0.39 is 0 Å². The molecular formula is C15H16N6O2. The van der Waals surface area contributed by atoms with Gasteiger partial charge in [-0.1, -0.05) is 30.3 Å². The molecule has 0 aliphatic carbocycles. The minimum atomic E-state index is -0.290. The number of hydrogen-bond acceptors (Lipinski definition) is 5. The largest absolute Gasteiger partial charge is 0.295 e. The van der Waals surface area contributed by atoms with E-state index in [2.05, 4.69) is 25.6 Å². The predicted molar refractivity (Wildman–Crippen MR) is 83.6 cm³/mol. The average Bonchev–Trinajstić information content (AvgIpc) is 3.25. The van der Waals surface area contributed by atoms with Crippen LogP contribution in [0, 0.1) is 0 Å². The summed E-state index contributed by atoms with van der Waals surface area (Å²) in [5.74, 6) is -0.182. The fourth-order valence-electron chi connectivity index (χ4n) is 2.28. The molecule has 118 valence electrons. The zero-order chi connectivity index (χ0) is 16.1. The maximum absolute atomic E-state index is 12.1. The van der Waals surface area contributed by atoms with Crippen molar-refractivity contribution in [1.82, 2.24) is 20.2 Å². The molecule has 0 spiro atoms. The molecule has 0 saturated heterocycles. The third kappa shape index (κ3) is 3.79. The quantitative estimate of drug-likeness (QED) is 0.864. The summed E-state index contributed by atoms with van der Waals surface area (Å²) < 4.78 is 0. The summed E-state index contributed by atoms with van der Waals surface area (Å²) in [6, 6.07) is 9.76. The Morgan fingerprint density at radius 1 is 1.22 bits per heavy atom. The van der Waals surface area contributed by atoms with E-state index in [1.54, 1.807) is 0 Å². The number of carbonyl (C=O) groups is 2. The van der Waals surface area contributed by atoms with Crippen molar-refractivity contribution in [3.63, 3.8) is 0 Å². The molecule has 0 bridgehead atoms. The number of nitrogens with one attached hydrogen (secondary N) is 2. The highest BCUT2D eigenvalue weighted by molar-refractivity contribution is 6.02. The van der Waals surface area contributed by atoms with Gasteiger partial charge in [0.15, 0.2) is 0 Å². The number of nitrogens with zero attached hydrogens (tertiary/aromatic N) is 4. The van der Waals surface area contributed by atoms with Crippen LogP contribution >= 0.6 is 0 Å². The highest BCUT2D eigenvalue weighted by Gasteiger charge is 2.21. The van der Waals surface area contributed by atoms with Crippen molar-refractivity contribution in [3.05, 3.63) is 42.2 Å². The van der Waals surface area contributed by atoms with E-state index in [0.29, 0.717) is 6.54 Å². The number of hydrogen-bond donors (Lipinski definition) is 2. The van der Waals surface area contributed by atoms with Gasteiger partial charge < -0.3 is 0 Å². The number of hydrazone groups is 1. The summed E-state index contributed by atoms with van der Waals surface area (Å²) in [4.78, 5) is 27.6. The molecule has 0 radical (unpaired) electrons. The van der Waals surface area contributed by atoms with Crippen LogP contribution in [-0.2, 0) is 9.59 Å². The van der Waals surface area contributed by atoms with Gasteiger partial charge in [0.2, 0.25) is 17.8 Å². The monoisotopic (exact) mass is 312 g/mol. The molecule has 2 heterocycles. The summed E-state index contributed by atoms with van der Waals surface area (Å²) in [5.41, 5.74) is 1.91. The van der Waals surface area contributed by atoms with E-state index in [1.165, 1.54) is 11.3 Å². The first-order valence-corrected chi connectivity index (χ1v) is 7.31. The number of rotatable bonds is 5. The van der Waals surface area contributed by atoms with Crippen molar-refractivity contribution < 1.29 is 9.59 Å². The molecule has 2 N–H and O–H groups in total. The van der Waals surface area contributed by atoms with Gasteiger partial charge in [-0.25, -0.2) is 10.1 Å². The fourth-order valence-corrected chi connectivity index (χ4v) is 2.28. The Kier molecular flexibility index (Phi) is 4.41. The minimum absolute atomic E-state index is 0.0756. The molecule has 1 aromatic carbocycles. The van der Waals surface area contributed by atoms with E-state index in [0.717, 1.165) is 17.7 Å². The van der Waals surface area contributed by atoms with Crippen LogP contribution in [0.3, 0.4) is 0 Å². The Morgan fingerprint density at radius 3 is 2.78 bits per heavy atom. The first-order chi connectivity index (χ1) is 11.2. The first kappa shape index (κ1) is 14.9. The van der Waals surface area contributed by atoms with Crippen molar-refractivity contribution in [1.29, 1.82) is 0 Å². The maximum atomic E-state index is 12.1. The zero-order valence-electron chi connectivity index (χ0n) is 12.4. The Hall–Kier alpha value is -3.03. The second-order valence-electron chi connectivity index (χ2n) is 5.06. The minimum Gasteiger partial charge on any atom is -0.295 e. The lowest BCUT2D eigenvalue weighted by Gasteiger charge is -2.10. The third-order valence-corrected chi connectivity index (χ3v) is 3.44. The average molecular weight is 312 g/mol. The molecule has 0 unspecified atom stereocenters. The fraction of sp³-hybridized carbons (Fsp3) is 0.267. The van der Waals surface area contributed by atoms with Crippen LogP contribution in [-0.4, -0.2) is 44.3 Å². The van der Waals surface area contributed by atoms with Crippen LogP contribution in [0.15, 0.2) is 41.8 Å². The normalized spacial score (nSPS) is 13.7. The van der Waals surface area contributed by atoms with Crippen molar-refractivity contribution in [2.75, 3.05) is 11.9 Å². The van der Waals surface area contributed by atoms with Crippen LogP contribution in [0.2, 0.25) is 0 Å². The summed E-state index contributed by atoms with van der Waals surface area (Å²) >= 11 is 0. The number of carbonyl (C=O) groups excluding carboxylic acids is 2. The van der Waals surface area contributed by atoms with Gasteiger partial charge in [0.05, 0.1) is 12.3 Å². The van der Waals surface area contributed by atoms with Gasteiger partial charge in [-0.3, -0.25) is 14.9 Å². The molecular weight excluding hydrogens is 296 g/mol. The molecule has 2 aromatic rings. The Labute approximate surface area is 132 Å². The highest BCUT2D eigenvalue weighted by atomic mass is 16.2. The molecule has 0 atom stereocenters. The van der Waals surface area contributed by atoms with Crippen LogP contribution in [0.1, 0.15) is 24.8 Å². The summed E-state index contributed by atoms with van der Waals surface area (Å²) in [6.45, 7) is 0.548. The molecule has 23 heavy (non-hydrogen) atoms. The van der Waals surface area contributed by atoms with Gasteiger partial charge >= 0.3 is 0 Å². The summed E-state index contributed by atoms with van der Waals surface area (Å²) in [5, 5.41) is 14.5. The number of aromatic amines is 1. The second kappa shape index (κ2) is 6.82. The number of aromatic nitrogens is 3. The van der Waals surface area contributed by atoms with Crippen LogP contribution in [0.4, 0.5) is 5.95 Å². The van der Waals surface area contributed by atoms with E-state index in [-0.39, 0.29) is 30.6 Å². The number of anilines is 1. The van der Waals surface area contributed by atoms with Crippen LogP contribution in [0.5, 0.6) is 0 Å². The zero-order valence-corrected chi connectivity index (χ0v) is 12.4. The SMILES string of the molecule is O=C(CCC(=O)N1CCC(c2ccccc2)=N1)Nc1ncn[nH]1. The molecule has 0 saturated carbocycles. The summed E-state index contributed by atoms with van der Waals surface area (Å²) in [6.07, 6.45) is 2.20. The summed E-state index contributed by atoms with van der Waals surface area (Å²) in [7, 11) is 0. The lowest BCUT2D eigenvalue weighted by atomic mass is 10.1. The van der Waals surface area contributed by atoms with Crippen LogP contribution in [0.25, 0.3) is 0 Å². The molecule has 1 aromatic heterocycles. The lowest BCUT2D eigenvalue weighted by Crippen LogP contribution is -2.25. The van der Waals surface area contributed by atoms with Crippen molar-refractivity contribution in [2.24, 2.45) is 5.10 Å².